The van der Waals surface area contributed by atoms with Gasteiger partial charge in [0.2, 0.25) is 0 Å². The molecule has 0 atom stereocenters. The number of hydrogen-bond acceptors (Lipinski definition) is 4. The fourth-order valence-corrected chi connectivity index (χ4v) is 3.69. The number of carbonyl (C=O) groups excluding carboxylic acids is 1. The van der Waals surface area contributed by atoms with Crippen molar-refractivity contribution in [2.75, 3.05) is 13.1 Å². The first-order valence-electron chi connectivity index (χ1n) is 8.32. The Balaban J connectivity index is 1.81. The van der Waals surface area contributed by atoms with Crippen LogP contribution in [0.1, 0.15) is 49.2 Å². The van der Waals surface area contributed by atoms with Crippen LogP contribution in [-0.4, -0.2) is 24.4 Å². The molecular weight excluding hydrogens is 304 g/mol. The first-order valence-corrected chi connectivity index (χ1v) is 9.20. The summed E-state index contributed by atoms with van der Waals surface area (Å²) in [5.74, 6) is 0.638. The lowest BCUT2D eigenvalue weighted by Gasteiger charge is -2.20. The second kappa shape index (κ2) is 9.58. The van der Waals surface area contributed by atoms with E-state index in [-0.39, 0.29) is 0 Å². The van der Waals surface area contributed by atoms with Crippen LogP contribution in [-0.2, 0) is 11.2 Å². The molecule has 2 rings (SSSR count). The van der Waals surface area contributed by atoms with Crippen molar-refractivity contribution in [3.63, 3.8) is 0 Å². The summed E-state index contributed by atoms with van der Waals surface area (Å²) < 4.78 is 0. The maximum absolute atomic E-state index is 10.6. The molecule has 1 aliphatic rings. The third-order valence-corrected chi connectivity index (χ3v) is 5.24. The van der Waals surface area contributed by atoms with Crippen LogP contribution >= 0.6 is 11.3 Å². The third-order valence-electron chi connectivity index (χ3n) is 4.18. The van der Waals surface area contributed by atoms with Gasteiger partial charge in [-0.2, -0.15) is 0 Å². The van der Waals surface area contributed by atoms with Crippen molar-refractivity contribution in [1.29, 1.82) is 0 Å². The van der Waals surface area contributed by atoms with Crippen LogP contribution < -0.4 is 5.32 Å². The monoisotopic (exact) mass is 330 g/mol. The number of rotatable bonds is 8. The fourth-order valence-electron chi connectivity index (χ4n) is 2.67. The highest BCUT2D eigenvalue weighted by Gasteiger charge is 2.18. The van der Waals surface area contributed by atoms with Crippen LogP contribution in [0.2, 0.25) is 0 Å². The molecule has 0 spiro atoms. The van der Waals surface area contributed by atoms with Gasteiger partial charge in [-0.3, -0.25) is 0 Å². The van der Waals surface area contributed by atoms with E-state index >= 15 is 0 Å². The smallest absolute Gasteiger partial charge is 0.124 e. The first kappa shape index (κ1) is 17.8. The topological polar surface area (TPSA) is 42.0 Å². The Morgan fingerprint density at radius 1 is 1.43 bits per heavy atom. The number of piperidine rings is 1. The molecule has 0 aliphatic carbocycles. The van der Waals surface area contributed by atoms with E-state index in [1.54, 1.807) is 11.3 Å². The van der Waals surface area contributed by atoms with E-state index in [1.165, 1.54) is 23.5 Å². The lowest BCUT2D eigenvalue weighted by molar-refractivity contribution is -0.107. The number of carbonyl (C=O) groups is 1. The van der Waals surface area contributed by atoms with Gasteiger partial charge in [0, 0.05) is 17.7 Å². The van der Waals surface area contributed by atoms with Crippen LogP contribution in [0.25, 0.3) is 0 Å². The van der Waals surface area contributed by atoms with Gasteiger partial charge in [0.05, 0.1) is 10.7 Å². The average Bonchev–Trinajstić information content (AvgIpc) is 3.06. The molecule has 1 saturated heterocycles. The number of nitrogens with one attached hydrogen (secondary N) is 1. The van der Waals surface area contributed by atoms with Crippen molar-refractivity contribution >= 4 is 17.6 Å². The van der Waals surface area contributed by atoms with Crippen LogP contribution in [0.4, 0.5) is 0 Å². The Bertz CT molecular complexity index is 580. The molecule has 23 heavy (non-hydrogen) atoms. The van der Waals surface area contributed by atoms with Crippen LogP contribution in [0.3, 0.4) is 0 Å². The van der Waals surface area contributed by atoms with Gasteiger partial charge in [0.25, 0.3) is 0 Å². The number of hydrogen-bond donors (Lipinski definition) is 1. The van der Waals surface area contributed by atoms with E-state index in [2.05, 4.69) is 17.3 Å². The number of aromatic nitrogens is 1. The highest BCUT2D eigenvalue weighted by Crippen LogP contribution is 2.28. The number of thiazole rings is 1. The third kappa shape index (κ3) is 5.88. The van der Waals surface area contributed by atoms with Gasteiger partial charge in [-0.05, 0) is 51.3 Å². The number of nitrogens with zero attached hydrogens (tertiary/aromatic N) is 1. The minimum absolute atomic E-state index is 0.464. The molecule has 1 aromatic heterocycles. The molecule has 3 nitrogen and oxygen atoms in total. The van der Waals surface area contributed by atoms with Crippen molar-refractivity contribution in [2.24, 2.45) is 0 Å². The lowest BCUT2D eigenvalue weighted by Crippen LogP contribution is -2.26. The SMILES string of the molecule is C=C(/C=C\C(=C/C)CC=O)CCc1csc(C2CCNCC2)n1. The van der Waals surface area contributed by atoms with Crippen LogP contribution in [0, 0.1) is 0 Å². The van der Waals surface area contributed by atoms with Gasteiger partial charge >= 0.3 is 0 Å². The molecule has 0 saturated carbocycles. The minimum Gasteiger partial charge on any atom is -0.317 e. The summed E-state index contributed by atoms with van der Waals surface area (Å²) in [4.78, 5) is 15.4. The Labute approximate surface area is 143 Å². The van der Waals surface area contributed by atoms with Gasteiger partial charge in [-0.25, -0.2) is 4.98 Å². The van der Waals surface area contributed by atoms with Crippen LogP contribution in [0.15, 0.2) is 41.3 Å². The van der Waals surface area contributed by atoms with Crippen molar-refractivity contribution < 1.29 is 4.79 Å². The summed E-state index contributed by atoms with van der Waals surface area (Å²) in [5.41, 5.74) is 3.28. The zero-order valence-electron chi connectivity index (χ0n) is 13.9. The number of allylic oxidation sites excluding steroid dienone is 5. The maximum atomic E-state index is 10.6. The van der Waals surface area contributed by atoms with Gasteiger partial charge in [-0.1, -0.05) is 30.4 Å². The Kier molecular flexibility index (Phi) is 7.43. The van der Waals surface area contributed by atoms with E-state index in [1.807, 2.05) is 25.2 Å². The van der Waals surface area contributed by atoms with Crippen molar-refractivity contribution in [2.45, 2.75) is 44.9 Å². The lowest BCUT2D eigenvalue weighted by atomic mass is 9.99. The van der Waals surface area contributed by atoms with E-state index in [9.17, 15) is 4.79 Å². The molecule has 4 heteroatoms. The standard InChI is InChI=1S/C19H26N2OS/c1-3-16(10-13-22)6-4-15(2)5-7-18-14-23-19(21-18)17-8-11-20-12-9-17/h3-4,6,13-14,17,20H,2,5,7-12H2,1H3/b6-4-,16-3+. The van der Waals surface area contributed by atoms with E-state index in [0.29, 0.717) is 12.3 Å². The molecular formula is C19H26N2OS. The number of aldehydes is 1. The highest BCUT2D eigenvalue weighted by atomic mass is 32.1. The summed E-state index contributed by atoms with van der Waals surface area (Å²) in [6.07, 6.45) is 11.6. The van der Waals surface area contributed by atoms with Gasteiger partial charge < -0.3 is 10.1 Å². The zero-order valence-corrected chi connectivity index (χ0v) is 14.7. The minimum atomic E-state index is 0.464. The predicted octanol–water partition coefficient (Wildman–Crippen LogP) is 4.19. The van der Waals surface area contributed by atoms with Crippen molar-refractivity contribution in [3.05, 3.63) is 52.0 Å². The molecule has 1 N–H and O–H groups in total. The second-order valence-corrected chi connectivity index (χ2v) is 6.82. The highest BCUT2D eigenvalue weighted by molar-refractivity contribution is 7.09. The van der Waals surface area contributed by atoms with E-state index in [0.717, 1.165) is 43.4 Å². The van der Waals surface area contributed by atoms with Crippen LogP contribution in [0.5, 0.6) is 0 Å². The Morgan fingerprint density at radius 3 is 2.91 bits per heavy atom. The van der Waals surface area contributed by atoms with Crippen molar-refractivity contribution in [3.8, 4) is 0 Å². The Hall–Kier alpha value is -1.52. The molecule has 0 aromatic carbocycles. The van der Waals surface area contributed by atoms with Gasteiger partial charge in [0.15, 0.2) is 0 Å². The molecule has 2 heterocycles. The molecule has 0 bridgehead atoms. The number of aryl methyl sites for hydroxylation is 1. The molecule has 124 valence electrons. The quantitative estimate of drug-likeness (QED) is 0.574. The largest absolute Gasteiger partial charge is 0.317 e. The Morgan fingerprint density at radius 2 is 2.22 bits per heavy atom. The predicted molar refractivity (Wildman–Crippen MR) is 98.0 cm³/mol. The molecule has 0 unspecified atom stereocenters. The summed E-state index contributed by atoms with van der Waals surface area (Å²) in [6, 6.07) is 0. The summed E-state index contributed by atoms with van der Waals surface area (Å²) >= 11 is 1.80. The molecule has 0 amide bonds. The summed E-state index contributed by atoms with van der Waals surface area (Å²) in [5, 5.41) is 6.89. The van der Waals surface area contributed by atoms with Gasteiger partial charge in [-0.15, -0.1) is 11.3 Å². The van der Waals surface area contributed by atoms with E-state index < -0.39 is 0 Å². The first-order chi connectivity index (χ1) is 11.2. The fraction of sp³-hybridized carbons (Fsp3) is 0.474. The second-order valence-electron chi connectivity index (χ2n) is 5.93. The van der Waals surface area contributed by atoms with Crippen molar-refractivity contribution in [1.82, 2.24) is 10.3 Å². The summed E-state index contributed by atoms with van der Waals surface area (Å²) in [6.45, 7) is 8.26. The summed E-state index contributed by atoms with van der Waals surface area (Å²) in [7, 11) is 0. The maximum Gasteiger partial charge on any atom is 0.124 e. The normalized spacial score (nSPS) is 16.8. The molecule has 1 aliphatic heterocycles. The molecule has 0 radical (unpaired) electrons. The average molecular weight is 330 g/mol. The zero-order chi connectivity index (χ0) is 16.5. The van der Waals surface area contributed by atoms with Gasteiger partial charge in [0.1, 0.15) is 6.29 Å². The van der Waals surface area contributed by atoms with E-state index in [4.69, 9.17) is 4.98 Å². The molecule has 1 fully saturated rings. The molecule has 1 aromatic rings.